The lowest BCUT2D eigenvalue weighted by Crippen LogP contribution is -2.53. The lowest BCUT2D eigenvalue weighted by Gasteiger charge is -2.25. The van der Waals surface area contributed by atoms with Gasteiger partial charge >= 0.3 is 0 Å². The summed E-state index contributed by atoms with van der Waals surface area (Å²) in [6, 6.07) is 0. The van der Waals surface area contributed by atoms with Gasteiger partial charge in [-0.05, 0) is 6.42 Å². The van der Waals surface area contributed by atoms with Gasteiger partial charge in [-0.2, -0.15) is 0 Å². The Balaban J connectivity index is 3.33. The van der Waals surface area contributed by atoms with Crippen LogP contribution >= 0.6 is 0 Å². The fraction of sp³-hybridized carbons (Fsp3) is 1.00. The molecule has 0 amide bonds. The highest BCUT2D eigenvalue weighted by Gasteiger charge is 2.20. The van der Waals surface area contributed by atoms with E-state index in [1.807, 2.05) is 0 Å². The Kier molecular flexibility index (Phi) is 14.3. The second-order valence-corrected chi connectivity index (χ2v) is 6.39. The molecule has 0 aromatic rings. The zero-order chi connectivity index (χ0) is 16.7. The Bertz CT molecular complexity index is 238. The van der Waals surface area contributed by atoms with Crippen LogP contribution in [0.4, 0.5) is 0 Å². The van der Waals surface area contributed by atoms with E-state index < -0.39 is 12.0 Å². The number of aliphatic hydroxyl groups is 2. The Hall–Kier alpha value is -0.200. The van der Waals surface area contributed by atoms with E-state index in [-0.39, 0.29) is 13.2 Å². The fourth-order valence-corrected chi connectivity index (χ4v) is 2.44. The number of rotatable bonds is 16. The average molecular weight is 319 g/mol. The summed E-state index contributed by atoms with van der Waals surface area (Å²) in [5.41, 5.74) is 11.6. The van der Waals surface area contributed by atoms with E-state index in [0.717, 1.165) is 12.8 Å². The first-order valence-corrected chi connectivity index (χ1v) is 9.02. The van der Waals surface area contributed by atoms with Gasteiger partial charge < -0.3 is 14.9 Å². The van der Waals surface area contributed by atoms with Crippen LogP contribution in [-0.4, -0.2) is 35.4 Å². The second-order valence-electron chi connectivity index (χ2n) is 6.39. The van der Waals surface area contributed by atoms with E-state index in [9.17, 15) is 5.11 Å². The van der Waals surface area contributed by atoms with Crippen molar-refractivity contribution < 1.29 is 14.9 Å². The third-order valence-corrected chi connectivity index (χ3v) is 3.93. The molecule has 6 N–H and O–H groups in total. The average Bonchev–Trinajstić information content (AvgIpc) is 2.50. The second kappa shape index (κ2) is 14.4. The molecule has 0 aromatic heterocycles. The van der Waals surface area contributed by atoms with Crippen molar-refractivity contribution in [3.8, 4) is 0 Å². The molecule has 0 radical (unpaired) electrons. The van der Waals surface area contributed by atoms with Crippen LogP contribution in [0.5, 0.6) is 0 Å². The minimum atomic E-state index is -1.20. The molecule has 0 saturated heterocycles. The molecule has 0 aliphatic carbocycles. The maximum Gasteiger partial charge on any atom is 0.169 e. The normalized spacial score (nSPS) is 13.5. The molecule has 0 heterocycles. The van der Waals surface area contributed by atoms with Crippen molar-refractivity contribution in [2.75, 3.05) is 13.2 Å². The van der Waals surface area contributed by atoms with Gasteiger partial charge in [0, 0.05) is 6.42 Å². The minimum absolute atomic E-state index is 0.0263. The van der Waals surface area contributed by atoms with Crippen molar-refractivity contribution in [3.63, 3.8) is 0 Å². The summed E-state index contributed by atoms with van der Waals surface area (Å²) in [5, 5.41) is 17.9. The molecule has 5 nitrogen and oxygen atoms in total. The summed E-state index contributed by atoms with van der Waals surface area (Å²) in [5.74, 6) is -1.20. The smallest absolute Gasteiger partial charge is 0.169 e. The van der Waals surface area contributed by atoms with Crippen molar-refractivity contribution in [3.05, 3.63) is 0 Å². The van der Waals surface area contributed by atoms with Gasteiger partial charge in [0.25, 0.3) is 0 Å². The van der Waals surface area contributed by atoms with Crippen molar-refractivity contribution in [2.45, 2.75) is 95.9 Å². The Morgan fingerprint density at radius 2 is 1.32 bits per heavy atom. The van der Waals surface area contributed by atoms with Crippen LogP contribution in [0.15, 0.2) is 0 Å². The molecular weight excluding hydrogens is 280 g/mol. The van der Waals surface area contributed by atoms with Crippen LogP contribution < -0.4 is 11.5 Å². The molecule has 0 aromatic carbocycles. The first-order valence-electron chi connectivity index (χ1n) is 9.02. The summed E-state index contributed by atoms with van der Waals surface area (Å²) >= 11 is 0. The van der Waals surface area contributed by atoms with Crippen molar-refractivity contribution in [2.24, 2.45) is 11.5 Å². The highest BCUT2D eigenvalue weighted by atomic mass is 16.5. The molecule has 0 fully saturated rings. The van der Waals surface area contributed by atoms with E-state index >= 15 is 0 Å². The number of aliphatic hydroxyl groups excluding tert-OH is 2. The predicted octanol–water partition coefficient (Wildman–Crippen LogP) is 2.63. The summed E-state index contributed by atoms with van der Waals surface area (Å²) in [6.45, 7) is 1.88. The monoisotopic (exact) mass is 318 g/mol. The van der Waals surface area contributed by atoms with Crippen LogP contribution in [0.1, 0.15) is 84.0 Å². The molecule has 0 saturated carbocycles. The molecule has 1 unspecified atom stereocenters. The number of ether oxygens (including phenoxy) is 1. The van der Waals surface area contributed by atoms with E-state index in [1.54, 1.807) is 0 Å². The lowest BCUT2D eigenvalue weighted by atomic mass is 10.0. The zero-order valence-electron chi connectivity index (χ0n) is 14.4. The highest BCUT2D eigenvalue weighted by molar-refractivity contribution is 4.66. The molecule has 5 heteroatoms. The number of hydrogen-bond donors (Lipinski definition) is 4. The number of nitrogens with two attached hydrogens (primary N) is 2. The van der Waals surface area contributed by atoms with Crippen molar-refractivity contribution >= 4 is 0 Å². The molecule has 0 bridgehead atoms. The quantitative estimate of drug-likeness (QED) is 0.259. The van der Waals surface area contributed by atoms with Gasteiger partial charge in [-0.3, -0.25) is 11.5 Å². The van der Waals surface area contributed by atoms with Crippen molar-refractivity contribution in [1.29, 1.82) is 0 Å². The summed E-state index contributed by atoms with van der Waals surface area (Å²) in [7, 11) is 0. The van der Waals surface area contributed by atoms with Gasteiger partial charge in [-0.25, -0.2) is 0 Å². The van der Waals surface area contributed by atoms with Gasteiger partial charge in [0.1, 0.15) is 6.10 Å². The molecule has 1 atom stereocenters. The number of hydrogen-bond acceptors (Lipinski definition) is 5. The van der Waals surface area contributed by atoms with Gasteiger partial charge in [0.05, 0.1) is 13.2 Å². The SMILES string of the molecule is CCCCCCCCCCCCCC(N)(N)OCC(O)CO. The zero-order valence-corrected chi connectivity index (χ0v) is 14.4. The molecule has 0 aliphatic rings. The first-order chi connectivity index (χ1) is 10.5. The third-order valence-electron chi connectivity index (χ3n) is 3.93. The van der Waals surface area contributed by atoms with Crippen molar-refractivity contribution in [1.82, 2.24) is 0 Å². The largest absolute Gasteiger partial charge is 0.394 e. The first kappa shape index (κ1) is 21.8. The standard InChI is InChI=1S/C17H38N2O3/c1-2-3-4-5-6-7-8-9-10-11-12-13-17(18,19)22-15-16(21)14-20/h16,20-21H,2-15,18-19H2,1H3. The van der Waals surface area contributed by atoms with Gasteiger partial charge in [-0.15, -0.1) is 0 Å². The molecular formula is C17H38N2O3. The topological polar surface area (TPSA) is 102 Å². The van der Waals surface area contributed by atoms with Gasteiger partial charge in [0.2, 0.25) is 0 Å². The summed E-state index contributed by atoms with van der Waals surface area (Å²) in [6.07, 6.45) is 13.7. The Morgan fingerprint density at radius 1 is 0.864 bits per heavy atom. The van der Waals surface area contributed by atoms with Crippen LogP contribution in [0, 0.1) is 0 Å². The van der Waals surface area contributed by atoms with Crippen LogP contribution in [-0.2, 0) is 4.74 Å². The molecule has 0 aliphatic heterocycles. The molecule has 22 heavy (non-hydrogen) atoms. The van der Waals surface area contributed by atoms with E-state index in [1.165, 1.54) is 57.8 Å². The Morgan fingerprint density at radius 3 is 1.77 bits per heavy atom. The van der Waals surface area contributed by atoms with Crippen LogP contribution in [0.2, 0.25) is 0 Å². The predicted molar refractivity (Wildman–Crippen MR) is 91.2 cm³/mol. The third kappa shape index (κ3) is 14.7. The van der Waals surface area contributed by atoms with E-state index in [4.69, 9.17) is 21.3 Å². The van der Waals surface area contributed by atoms with Crippen LogP contribution in [0.3, 0.4) is 0 Å². The highest BCUT2D eigenvalue weighted by Crippen LogP contribution is 2.14. The van der Waals surface area contributed by atoms with Crippen LogP contribution in [0.25, 0.3) is 0 Å². The van der Waals surface area contributed by atoms with Gasteiger partial charge in [0.15, 0.2) is 5.85 Å². The van der Waals surface area contributed by atoms with Gasteiger partial charge in [-0.1, -0.05) is 71.1 Å². The number of unbranched alkanes of at least 4 members (excludes halogenated alkanes) is 10. The summed E-state index contributed by atoms with van der Waals surface area (Å²) < 4.78 is 5.22. The maximum atomic E-state index is 9.20. The van der Waals surface area contributed by atoms with E-state index in [2.05, 4.69) is 6.92 Å². The molecule has 0 spiro atoms. The lowest BCUT2D eigenvalue weighted by molar-refractivity contribution is -0.0881. The molecule has 134 valence electrons. The van der Waals surface area contributed by atoms with E-state index in [0.29, 0.717) is 6.42 Å². The fourth-order valence-electron chi connectivity index (χ4n) is 2.44. The summed E-state index contributed by atoms with van der Waals surface area (Å²) in [4.78, 5) is 0. The maximum absolute atomic E-state index is 9.20. The molecule has 0 rings (SSSR count). The minimum Gasteiger partial charge on any atom is -0.394 e. The Labute approximate surface area is 136 Å².